The van der Waals surface area contributed by atoms with Crippen LogP contribution in [0.5, 0.6) is 11.8 Å². The van der Waals surface area contributed by atoms with E-state index < -0.39 is 0 Å². The molecule has 0 atom stereocenters. The minimum atomic E-state index is -0.00930. The number of aryl methyl sites for hydroxylation is 1. The Kier molecular flexibility index (Phi) is 5.93. The number of hydrogen-bond donors (Lipinski definition) is 2. The predicted octanol–water partition coefficient (Wildman–Crippen LogP) is 2.89. The van der Waals surface area contributed by atoms with E-state index >= 15 is 0 Å². The molecule has 0 aromatic carbocycles. The molecule has 0 unspecified atom stereocenters. The van der Waals surface area contributed by atoms with Gasteiger partial charge in [-0.2, -0.15) is 9.78 Å². The van der Waals surface area contributed by atoms with Crippen molar-refractivity contribution >= 4 is 5.70 Å². The van der Waals surface area contributed by atoms with Crippen molar-refractivity contribution in [1.29, 1.82) is 0 Å². The molecule has 4 rings (SSSR count). The van der Waals surface area contributed by atoms with Gasteiger partial charge in [-0.05, 0) is 30.2 Å². The van der Waals surface area contributed by atoms with Crippen LogP contribution in [-0.2, 0) is 6.54 Å². The van der Waals surface area contributed by atoms with E-state index in [4.69, 9.17) is 4.74 Å². The SMILES string of the molecule is C=C(NCCCn1ccnc1)c1ccc(-n2ncc(-c3ccnc(OC)c3)c2O)nc1. The van der Waals surface area contributed by atoms with Crippen LogP contribution in [0.2, 0.25) is 0 Å². The van der Waals surface area contributed by atoms with E-state index in [1.807, 2.05) is 16.8 Å². The van der Waals surface area contributed by atoms with Crippen molar-refractivity contribution in [1.82, 2.24) is 34.6 Å². The van der Waals surface area contributed by atoms with Crippen LogP contribution in [0.25, 0.3) is 22.6 Å². The lowest BCUT2D eigenvalue weighted by molar-refractivity contribution is 0.398. The van der Waals surface area contributed by atoms with Crippen LogP contribution in [0, 0.1) is 0 Å². The van der Waals surface area contributed by atoms with Gasteiger partial charge in [0.15, 0.2) is 5.82 Å². The second-order valence-electron chi connectivity index (χ2n) is 6.84. The summed E-state index contributed by atoms with van der Waals surface area (Å²) in [5, 5.41) is 18.2. The van der Waals surface area contributed by atoms with Gasteiger partial charge < -0.3 is 19.7 Å². The molecule has 4 aromatic heterocycles. The number of ether oxygens (including phenoxy) is 1. The minimum absolute atomic E-state index is 0.00930. The standard InChI is InChI=1S/C22H23N7O2/c1-16(24-7-3-10-28-11-9-23-15-28)18-4-5-20(26-13-18)29-22(30)19(14-27-29)17-6-8-25-21(12-17)31-2/h4-6,8-9,11-15,24,30H,1,3,7,10H2,2H3. The van der Waals surface area contributed by atoms with Gasteiger partial charge in [0.05, 0.1) is 25.2 Å². The molecule has 0 saturated heterocycles. The average molecular weight is 417 g/mol. The molecule has 31 heavy (non-hydrogen) atoms. The summed E-state index contributed by atoms with van der Waals surface area (Å²) in [5.41, 5.74) is 2.98. The molecule has 0 amide bonds. The first kappa shape index (κ1) is 20.1. The zero-order chi connectivity index (χ0) is 21.6. The molecule has 0 aliphatic heterocycles. The Bertz CT molecular complexity index is 1150. The molecule has 0 aliphatic carbocycles. The smallest absolute Gasteiger partial charge is 0.223 e. The van der Waals surface area contributed by atoms with Crippen molar-refractivity contribution in [3.63, 3.8) is 0 Å². The highest BCUT2D eigenvalue weighted by Crippen LogP contribution is 2.31. The van der Waals surface area contributed by atoms with Crippen LogP contribution in [0.4, 0.5) is 0 Å². The Morgan fingerprint density at radius 2 is 2.10 bits per heavy atom. The maximum atomic E-state index is 10.7. The second kappa shape index (κ2) is 9.12. The number of pyridine rings is 2. The maximum absolute atomic E-state index is 10.7. The van der Waals surface area contributed by atoms with Crippen LogP contribution < -0.4 is 10.1 Å². The molecule has 2 N–H and O–H groups in total. The van der Waals surface area contributed by atoms with E-state index in [0.717, 1.165) is 36.3 Å². The molecule has 4 aromatic rings. The van der Waals surface area contributed by atoms with Crippen LogP contribution in [0.1, 0.15) is 12.0 Å². The fourth-order valence-corrected chi connectivity index (χ4v) is 3.11. The Balaban J connectivity index is 1.41. The fraction of sp³-hybridized carbons (Fsp3) is 0.182. The Hall–Kier alpha value is -4.14. The Morgan fingerprint density at radius 3 is 2.84 bits per heavy atom. The van der Waals surface area contributed by atoms with Gasteiger partial charge >= 0.3 is 0 Å². The first-order valence-corrected chi connectivity index (χ1v) is 9.78. The van der Waals surface area contributed by atoms with Gasteiger partial charge in [-0.15, -0.1) is 0 Å². The van der Waals surface area contributed by atoms with E-state index in [-0.39, 0.29) is 5.88 Å². The molecule has 9 nitrogen and oxygen atoms in total. The molecule has 0 fully saturated rings. The highest BCUT2D eigenvalue weighted by Gasteiger charge is 2.14. The first-order valence-electron chi connectivity index (χ1n) is 9.78. The third-order valence-corrected chi connectivity index (χ3v) is 4.80. The quantitative estimate of drug-likeness (QED) is 0.404. The third-order valence-electron chi connectivity index (χ3n) is 4.80. The van der Waals surface area contributed by atoms with Crippen LogP contribution in [0.15, 0.2) is 68.2 Å². The number of nitrogens with zero attached hydrogens (tertiary/aromatic N) is 6. The van der Waals surface area contributed by atoms with E-state index in [9.17, 15) is 5.11 Å². The number of rotatable bonds is 9. The number of hydrogen-bond acceptors (Lipinski definition) is 7. The summed E-state index contributed by atoms with van der Waals surface area (Å²) in [6.07, 6.45) is 11.4. The molecule has 0 saturated carbocycles. The molecule has 0 aliphatic rings. The van der Waals surface area contributed by atoms with Gasteiger partial charge in [0.25, 0.3) is 0 Å². The number of methoxy groups -OCH3 is 1. The van der Waals surface area contributed by atoms with Crippen molar-refractivity contribution in [2.75, 3.05) is 13.7 Å². The number of aromatic hydroxyl groups is 1. The van der Waals surface area contributed by atoms with Crippen molar-refractivity contribution < 1.29 is 9.84 Å². The summed E-state index contributed by atoms with van der Waals surface area (Å²) in [6, 6.07) is 7.20. The van der Waals surface area contributed by atoms with E-state index in [2.05, 4.69) is 31.9 Å². The molecular formula is C22H23N7O2. The number of imidazole rings is 1. The lowest BCUT2D eigenvalue weighted by Gasteiger charge is -2.10. The van der Waals surface area contributed by atoms with Gasteiger partial charge in [0.1, 0.15) is 0 Å². The average Bonchev–Trinajstić information content (AvgIpc) is 3.46. The van der Waals surface area contributed by atoms with Crippen LogP contribution >= 0.6 is 0 Å². The third kappa shape index (κ3) is 4.55. The molecule has 9 heteroatoms. The molecule has 0 spiro atoms. The second-order valence-corrected chi connectivity index (χ2v) is 6.84. The van der Waals surface area contributed by atoms with Gasteiger partial charge in [-0.25, -0.2) is 15.0 Å². The van der Waals surface area contributed by atoms with Crippen molar-refractivity contribution in [3.8, 4) is 28.7 Å². The summed E-state index contributed by atoms with van der Waals surface area (Å²) < 4.78 is 8.56. The lowest BCUT2D eigenvalue weighted by Crippen LogP contribution is -2.15. The fourth-order valence-electron chi connectivity index (χ4n) is 3.11. The Morgan fingerprint density at radius 1 is 1.19 bits per heavy atom. The molecule has 4 heterocycles. The zero-order valence-corrected chi connectivity index (χ0v) is 17.1. The lowest BCUT2D eigenvalue weighted by atomic mass is 10.1. The molecule has 0 radical (unpaired) electrons. The van der Waals surface area contributed by atoms with Crippen LogP contribution in [-0.4, -0.2) is 48.1 Å². The Labute approximate surface area is 179 Å². The number of nitrogens with one attached hydrogen (secondary N) is 1. The highest BCUT2D eigenvalue weighted by atomic mass is 16.5. The van der Waals surface area contributed by atoms with Crippen molar-refractivity contribution in [2.45, 2.75) is 13.0 Å². The summed E-state index contributed by atoms with van der Waals surface area (Å²) in [5.74, 6) is 0.953. The van der Waals surface area contributed by atoms with Gasteiger partial charge in [0, 0.05) is 55.2 Å². The van der Waals surface area contributed by atoms with E-state index in [1.54, 1.807) is 56.4 Å². The van der Waals surface area contributed by atoms with E-state index in [0.29, 0.717) is 17.3 Å². The van der Waals surface area contributed by atoms with Crippen LogP contribution in [0.3, 0.4) is 0 Å². The van der Waals surface area contributed by atoms with Gasteiger partial charge in [0.2, 0.25) is 11.8 Å². The topological polar surface area (TPSA) is 103 Å². The normalized spacial score (nSPS) is 10.7. The highest BCUT2D eigenvalue weighted by molar-refractivity contribution is 5.69. The number of aromatic nitrogens is 6. The predicted molar refractivity (Wildman–Crippen MR) is 117 cm³/mol. The summed E-state index contributed by atoms with van der Waals surface area (Å²) in [7, 11) is 1.54. The largest absolute Gasteiger partial charge is 0.493 e. The zero-order valence-electron chi connectivity index (χ0n) is 17.1. The maximum Gasteiger partial charge on any atom is 0.223 e. The monoisotopic (exact) mass is 417 g/mol. The first-order chi connectivity index (χ1) is 15.2. The summed E-state index contributed by atoms with van der Waals surface area (Å²) >= 11 is 0. The summed E-state index contributed by atoms with van der Waals surface area (Å²) in [6.45, 7) is 5.76. The molecular weight excluding hydrogens is 394 g/mol. The van der Waals surface area contributed by atoms with Crippen molar-refractivity contribution in [3.05, 3.63) is 73.7 Å². The minimum Gasteiger partial charge on any atom is -0.493 e. The summed E-state index contributed by atoms with van der Waals surface area (Å²) in [4.78, 5) is 12.5. The van der Waals surface area contributed by atoms with Crippen molar-refractivity contribution in [2.24, 2.45) is 0 Å². The molecule has 158 valence electrons. The van der Waals surface area contributed by atoms with Gasteiger partial charge in [-0.1, -0.05) is 6.58 Å². The molecule has 0 bridgehead atoms. The van der Waals surface area contributed by atoms with Gasteiger partial charge in [-0.3, -0.25) is 0 Å². The van der Waals surface area contributed by atoms with E-state index in [1.165, 1.54) is 4.68 Å².